The molecule has 0 fully saturated rings. The number of carboxylic acid groups (broad SMARTS) is 1. The van der Waals surface area contributed by atoms with Crippen LogP contribution >= 0.6 is 0 Å². The summed E-state index contributed by atoms with van der Waals surface area (Å²) in [4.78, 5) is 23.6. The molecule has 116 valence electrons. The van der Waals surface area contributed by atoms with E-state index in [0.717, 1.165) is 0 Å². The van der Waals surface area contributed by atoms with Crippen molar-refractivity contribution in [2.45, 2.75) is 6.92 Å². The Kier molecular flexibility index (Phi) is 3.85. The maximum atomic E-state index is 12.3. The van der Waals surface area contributed by atoms with Crippen molar-refractivity contribution in [1.29, 1.82) is 0 Å². The number of hydrogen-bond acceptors (Lipinski definition) is 4. The minimum atomic E-state index is -1.08. The highest BCUT2D eigenvalue weighted by Crippen LogP contribution is 2.27. The number of ether oxygens (including phenoxy) is 1. The molecule has 0 spiro atoms. The van der Waals surface area contributed by atoms with Gasteiger partial charge in [-0.05, 0) is 25.1 Å². The molecule has 1 N–H and O–H groups in total. The molecule has 23 heavy (non-hydrogen) atoms. The SMILES string of the molecule is CCOc1ccc2c(=O)cc(-c3ccccc3C(=O)O)oc2c1. The van der Waals surface area contributed by atoms with Crippen molar-refractivity contribution in [2.24, 2.45) is 0 Å². The summed E-state index contributed by atoms with van der Waals surface area (Å²) in [6.45, 7) is 2.36. The second-order valence-electron chi connectivity index (χ2n) is 4.92. The number of aromatic carboxylic acids is 1. The number of rotatable bonds is 4. The van der Waals surface area contributed by atoms with Crippen LogP contribution in [0.3, 0.4) is 0 Å². The van der Waals surface area contributed by atoms with Gasteiger partial charge in [0.05, 0.1) is 17.6 Å². The Morgan fingerprint density at radius 2 is 1.96 bits per heavy atom. The highest BCUT2D eigenvalue weighted by Gasteiger charge is 2.15. The molecule has 3 aromatic rings. The summed E-state index contributed by atoms with van der Waals surface area (Å²) in [5.74, 6) is -0.271. The van der Waals surface area contributed by atoms with Crippen molar-refractivity contribution in [3.05, 3.63) is 64.3 Å². The average molecular weight is 310 g/mol. The summed E-state index contributed by atoms with van der Waals surface area (Å²) in [6, 6.07) is 12.7. The lowest BCUT2D eigenvalue weighted by molar-refractivity contribution is 0.0697. The van der Waals surface area contributed by atoms with Gasteiger partial charge in [0, 0.05) is 17.7 Å². The first kappa shape index (κ1) is 14.8. The molecular formula is C18H14O5. The molecule has 2 aromatic carbocycles. The average Bonchev–Trinajstić information content (AvgIpc) is 2.54. The highest BCUT2D eigenvalue weighted by atomic mass is 16.5. The van der Waals surface area contributed by atoms with Crippen molar-refractivity contribution < 1.29 is 19.1 Å². The van der Waals surface area contributed by atoms with Gasteiger partial charge in [-0.25, -0.2) is 4.79 Å². The van der Waals surface area contributed by atoms with Crippen molar-refractivity contribution in [2.75, 3.05) is 6.61 Å². The van der Waals surface area contributed by atoms with Crippen LogP contribution in [0.2, 0.25) is 0 Å². The minimum Gasteiger partial charge on any atom is -0.494 e. The summed E-state index contributed by atoms with van der Waals surface area (Å²) in [5.41, 5.74) is 0.569. The predicted molar refractivity (Wildman–Crippen MR) is 86.0 cm³/mol. The molecule has 5 heteroatoms. The zero-order valence-corrected chi connectivity index (χ0v) is 12.4. The summed E-state index contributed by atoms with van der Waals surface area (Å²) < 4.78 is 11.2. The Morgan fingerprint density at radius 1 is 1.17 bits per heavy atom. The van der Waals surface area contributed by atoms with Gasteiger partial charge in [-0.1, -0.05) is 18.2 Å². The van der Waals surface area contributed by atoms with Crippen LogP contribution in [0.25, 0.3) is 22.3 Å². The van der Waals surface area contributed by atoms with Crippen molar-refractivity contribution in [3.8, 4) is 17.1 Å². The van der Waals surface area contributed by atoms with E-state index in [0.29, 0.717) is 28.9 Å². The molecule has 3 rings (SSSR count). The molecule has 0 atom stereocenters. The van der Waals surface area contributed by atoms with Gasteiger partial charge >= 0.3 is 5.97 Å². The summed E-state index contributed by atoms with van der Waals surface area (Å²) in [5, 5.41) is 9.71. The smallest absolute Gasteiger partial charge is 0.336 e. The van der Waals surface area contributed by atoms with Crippen LogP contribution in [0.1, 0.15) is 17.3 Å². The fourth-order valence-corrected chi connectivity index (χ4v) is 2.41. The van der Waals surface area contributed by atoms with Gasteiger partial charge in [0.15, 0.2) is 5.43 Å². The van der Waals surface area contributed by atoms with Crippen molar-refractivity contribution >= 4 is 16.9 Å². The zero-order chi connectivity index (χ0) is 16.4. The molecule has 0 saturated heterocycles. The third kappa shape index (κ3) is 2.81. The van der Waals surface area contributed by atoms with Crippen LogP contribution < -0.4 is 10.2 Å². The number of fused-ring (bicyclic) bond motifs is 1. The molecule has 1 heterocycles. The monoisotopic (exact) mass is 310 g/mol. The molecule has 1 aromatic heterocycles. The quantitative estimate of drug-likeness (QED) is 0.797. The molecule has 0 aliphatic heterocycles. The van der Waals surface area contributed by atoms with E-state index in [9.17, 15) is 14.7 Å². The van der Waals surface area contributed by atoms with E-state index < -0.39 is 5.97 Å². The van der Waals surface area contributed by atoms with Gasteiger partial charge in [0.25, 0.3) is 0 Å². The Labute approximate surface area is 131 Å². The summed E-state index contributed by atoms with van der Waals surface area (Å²) >= 11 is 0. The van der Waals surface area contributed by atoms with Crippen molar-refractivity contribution in [1.82, 2.24) is 0 Å². The normalized spacial score (nSPS) is 10.7. The van der Waals surface area contributed by atoms with E-state index in [4.69, 9.17) is 9.15 Å². The molecule has 0 unspecified atom stereocenters. The van der Waals surface area contributed by atoms with Crippen LogP contribution in [0, 0.1) is 0 Å². The first-order valence-corrected chi connectivity index (χ1v) is 7.13. The maximum Gasteiger partial charge on any atom is 0.336 e. The van der Waals surface area contributed by atoms with E-state index >= 15 is 0 Å². The molecule has 0 aliphatic carbocycles. The lowest BCUT2D eigenvalue weighted by atomic mass is 10.0. The lowest BCUT2D eigenvalue weighted by Crippen LogP contribution is -2.04. The Bertz CT molecular complexity index is 940. The van der Waals surface area contributed by atoms with Crippen LogP contribution in [0.5, 0.6) is 5.75 Å². The van der Waals surface area contributed by atoms with E-state index in [1.165, 1.54) is 12.1 Å². The third-order valence-corrected chi connectivity index (χ3v) is 3.43. The molecule has 0 amide bonds. The van der Waals surface area contributed by atoms with Gasteiger partial charge in [-0.2, -0.15) is 0 Å². The summed E-state index contributed by atoms with van der Waals surface area (Å²) in [6.07, 6.45) is 0. The van der Waals surface area contributed by atoms with Crippen LogP contribution in [-0.2, 0) is 0 Å². The van der Waals surface area contributed by atoms with Crippen LogP contribution in [0.15, 0.2) is 57.7 Å². The van der Waals surface area contributed by atoms with E-state index in [2.05, 4.69) is 0 Å². The highest BCUT2D eigenvalue weighted by molar-refractivity contribution is 5.95. The number of carbonyl (C=O) groups is 1. The maximum absolute atomic E-state index is 12.3. The van der Waals surface area contributed by atoms with Crippen LogP contribution in [0.4, 0.5) is 0 Å². The molecule has 5 nitrogen and oxygen atoms in total. The second-order valence-corrected chi connectivity index (χ2v) is 4.92. The summed E-state index contributed by atoms with van der Waals surface area (Å²) in [7, 11) is 0. The van der Waals surface area contributed by atoms with Gasteiger partial charge in [-0.15, -0.1) is 0 Å². The van der Waals surface area contributed by atoms with Gasteiger partial charge in [0.2, 0.25) is 0 Å². The third-order valence-electron chi connectivity index (χ3n) is 3.43. The molecule has 0 saturated carbocycles. The topological polar surface area (TPSA) is 76.7 Å². The van der Waals surface area contributed by atoms with E-state index in [1.807, 2.05) is 6.92 Å². The Hall–Kier alpha value is -3.08. The Balaban J connectivity index is 2.23. The minimum absolute atomic E-state index is 0.0796. The first-order valence-electron chi connectivity index (χ1n) is 7.13. The fraction of sp³-hybridized carbons (Fsp3) is 0.111. The lowest BCUT2D eigenvalue weighted by Gasteiger charge is -2.08. The largest absolute Gasteiger partial charge is 0.494 e. The molecule has 0 bridgehead atoms. The number of hydrogen-bond donors (Lipinski definition) is 1. The van der Waals surface area contributed by atoms with Crippen molar-refractivity contribution in [3.63, 3.8) is 0 Å². The second kappa shape index (κ2) is 5.96. The fourth-order valence-electron chi connectivity index (χ4n) is 2.41. The number of benzene rings is 2. The molecule has 0 radical (unpaired) electrons. The zero-order valence-electron chi connectivity index (χ0n) is 12.4. The van der Waals surface area contributed by atoms with Crippen LogP contribution in [-0.4, -0.2) is 17.7 Å². The number of carboxylic acids is 1. The first-order chi connectivity index (χ1) is 11.1. The van der Waals surface area contributed by atoms with E-state index in [1.54, 1.807) is 36.4 Å². The van der Waals surface area contributed by atoms with Gasteiger partial charge in [0.1, 0.15) is 17.1 Å². The predicted octanol–water partition coefficient (Wildman–Crippen LogP) is 3.56. The standard InChI is InChI=1S/C18H14O5/c1-2-22-11-7-8-14-15(19)10-17(23-16(14)9-11)12-5-3-4-6-13(12)18(20)21/h3-10H,2H2,1H3,(H,20,21). The van der Waals surface area contributed by atoms with Gasteiger partial charge in [-0.3, -0.25) is 4.79 Å². The molecular weight excluding hydrogens is 296 g/mol. The Morgan fingerprint density at radius 3 is 2.70 bits per heavy atom. The van der Waals surface area contributed by atoms with E-state index in [-0.39, 0.29) is 16.8 Å². The van der Waals surface area contributed by atoms with Gasteiger partial charge < -0.3 is 14.3 Å². The molecule has 0 aliphatic rings.